The Balaban J connectivity index is 1.52. The molecule has 1 saturated heterocycles. The van der Waals surface area contributed by atoms with Crippen LogP contribution in [0.15, 0.2) is 41.3 Å². The predicted molar refractivity (Wildman–Crippen MR) is 130 cm³/mol. The number of nitrogens with one attached hydrogen (secondary N) is 1. The highest BCUT2D eigenvalue weighted by Crippen LogP contribution is 2.34. The Kier molecular flexibility index (Phi) is 6.65. The number of nitrogens with zero attached hydrogens (tertiary/aromatic N) is 3. The first-order chi connectivity index (χ1) is 15.7. The highest BCUT2D eigenvalue weighted by molar-refractivity contribution is 7.89. The molecule has 2 heterocycles. The molecule has 1 aliphatic heterocycles. The predicted octanol–water partition coefficient (Wildman–Crippen LogP) is 4.59. The maximum Gasteiger partial charge on any atom is 0.286 e. The number of benzene rings is 2. The number of hydrogen-bond donors (Lipinski definition) is 1. The van der Waals surface area contributed by atoms with Crippen molar-refractivity contribution in [1.82, 2.24) is 14.5 Å². The van der Waals surface area contributed by atoms with E-state index in [1.807, 2.05) is 64.1 Å². The maximum absolute atomic E-state index is 13.5. The fourth-order valence-electron chi connectivity index (χ4n) is 4.45. The summed E-state index contributed by atoms with van der Waals surface area (Å²) in [6, 6.07) is 11.4. The maximum atomic E-state index is 13.5. The molecule has 0 bridgehead atoms. The van der Waals surface area contributed by atoms with E-state index < -0.39 is 10.0 Å². The zero-order valence-electron chi connectivity index (χ0n) is 19.3. The molecule has 174 valence electrons. The summed E-state index contributed by atoms with van der Waals surface area (Å²) in [5.41, 5.74) is 4.27. The van der Waals surface area contributed by atoms with Crippen molar-refractivity contribution in [1.29, 1.82) is 0 Å². The van der Waals surface area contributed by atoms with Crippen LogP contribution in [0.1, 0.15) is 55.8 Å². The minimum Gasteiger partial charge on any atom is -0.320 e. The molecular formula is C24H28N4O3S2. The molecule has 7 nitrogen and oxygen atoms in total. The molecule has 3 aromatic rings. The van der Waals surface area contributed by atoms with E-state index in [0.29, 0.717) is 23.0 Å². The molecule has 1 unspecified atom stereocenters. The van der Waals surface area contributed by atoms with Crippen LogP contribution >= 0.6 is 11.3 Å². The van der Waals surface area contributed by atoms with Crippen LogP contribution in [-0.2, 0) is 10.0 Å². The van der Waals surface area contributed by atoms with Crippen molar-refractivity contribution in [2.75, 3.05) is 18.4 Å². The van der Waals surface area contributed by atoms with E-state index >= 15 is 0 Å². The molecule has 0 radical (unpaired) electrons. The van der Waals surface area contributed by atoms with Crippen molar-refractivity contribution < 1.29 is 13.2 Å². The number of para-hydroxylation sites is 1. The molecule has 1 atom stereocenters. The van der Waals surface area contributed by atoms with E-state index in [-0.39, 0.29) is 16.8 Å². The topological polar surface area (TPSA) is 92.3 Å². The summed E-state index contributed by atoms with van der Waals surface area (Å²) in [4.78, 5) is 13.1. The van der Waals surface area contributed by atoms with Gasteiger partial charge in [0, 0.05) is 24.7 Å². The van der Waals surface area contributed by atoms with Crippen molar-refractivity contribution >= 4 is 33.0 Å². The quantitative estimate of drug-likeness (QED) is 0.572. The molecule has 9 heteroatoms. The molecule has 1 N–H and O–H groups in total. The summed E-state index contributed by atoms with van der Waals surface area (Å²) in [6.45, 7) is 8.40. The molecule has 4 rings (SSSR count). The second-order valence-corrected chi connectivity index (χ2v) is 11.5. The number of amides is 1. The van der Waals surface area contributed by atoms with Crippen molar-refractivity contribution in [3.8, 4) is 0 Å². The second-order valence-electron chi connectivity index (χ2n) is 8.64. The van der Waals surface area contributed by atoms with Crippen LogP contribution in [-0.4, -0.2) is 41.9 Å². The van der Waals surface area contributed by atoms with Gasteiger partial charge in [0.1, 0.15) is 5.01 Å². The number of anilines is 1. The number of aromatic nitrogens is 2. The van der Waals surface area contributed by atoms with Gasteiger partial charge in [-0.2, -0.15) is 4.31 Å². The molecule has 1 amide bonds. The lowest BCUT2D eigenvalue weighted by Gasteiger charge is -2.31. The zero-order valence-corrected chi connectivity index (χ0v) is 20.9. The van der Waals surface area contributed by atoms with E-state index in [1.165, 1.54) is 11.3 Å². The number of piperidine rings is 1. The van der Waals surface area contributed by atoms with Gasteiger partial charge in [-0.3, -0.25) is 4.79 Å². The Bertz CT molecular complexity index is 1280. The van der Waals surface area contributed by atoms with Crippen LogP contribution in [0.3, 0.4) is 0 Å². The van der Waals surface area contributed by atoms with Crippen molar-refractivity contribution in [3.05, 3.63) is 68.7 Å². The third-order valence-corrected chi connectivity index (χ3v) is 9.22. The van der Waals surface area contributed by atoms with Gasteiger partial charge in [-0.1, -0.05) is 47.2 Å². The van der Waals surface area contributed by atoms with Gasteiger partial charge in [-0.05, 0) is 63.3 Å². The van der Waals surface area contributed by atoms with Crippen LogP contribution in [0.2, 0.25) is 0 Å². The molecule has 0 saturated carbocycles. The average Bonchev–Trinajstić information content (AvgIpc) is 3.25. The summed E-state index contributed by atoms with van der Waals surface area (Å²) >= 11 is 1.23. The van der Waals surface area contributed by atoms with E-state index in [9.17, 15) is 13.2 Å². The second kappa shape index (κ2) is 9.32. The van der Waals surface area contributed by atoms with Gasteiger partial charge in [0.25, 0.3) is 5.91 Å². The molecule has 0 spiro atoms. The lowest BCUT2D eigenvalue weighted by molar-refractivity contribution is 0.102. The van der Waals surface area contributed by atoms with Crippen molar-refractivity contribution in [2.45, 2.75) is 51.3 Å². The van der Waals surface area contributed by atoms with Crippen molar-refractivity contribution in [2.24, 2.45) is 0 Å². The fraction of sp³-hybridized carbons (Fsp3) is 0.375. The molecule has 2 aromatic carbocycles. The van der Waals surface area contributed by atoms with Gasteiger partial charge in [0.15, 0.2) is 0 Å². The third-order valence-electron chi connectivity index (χ3n) is 5.96. The minimum absolute atomic E-state index is 0.0860. The monoisotopic (exact) mass is 484 g/mol. The van der Waals surface area contributed by atoms with Crippen LogP contribution in [0.25, 0.3) is 0 Å². The molecule has 0 aliphatic carbocycles. The van der Waals surface area contributed by atoms with E-state index in [2.05, 4.69) is 15.5 Å². The lowest BCUT2D eigenvalue weighted by atomic mass is 10.0. The van der Waals surface area contributed by atoms with Crippen LogP contribution in [0.4, 0.5) is 5.69 Å². The highest BCUT2D eigenvalue weighted by atomic mass is 32.2. The fourth-order valence-corrected chi connectivity index (χ4v) is 7.24. The Morgan fingerprint density at radius 2 is 1.76 bits per heavy atom. The molecule has 1 aromatic heterocycles. The number of hydrogen-bond acceptors (Lipinski definition) is 6. The highest BCUT2D eigenvalue weighted by Gasteiger charge is 2.34. The summed E-state index contributed by atoms with van der Waals surface area (Å²) in [5, 5.41) is 12.2. The molecule has 33 heavy (non-hydrogen) atoms. The lowest BCUT2D eigenvalue weighted by Crippen LogP contribution is -2.39. The van der Waals surface area contributed by atoms with Gasteiger partial charge < -0.3 is 5.32 Å². The Hall–Kier alpha value is -2.62. The largest absolute Gasteiger partial charge is 0.320 e. The number of sulfonamides is 1. The molecule has 1 fully saturated rings. The first-order valence-corrected chi connectivity index (χ1v) is 13.2. The normalized spacial score (nSPS) is 17.2. The summed E-state index contributed by atoms with van der Waals surface area (Å²) in [6.07, 6.45) is 1.55. The number of rotatable bonds is 5. The van der Waals surface area contributed by atoms with Gasteiger partial charge in [-0.15, -0.1) is 10.2 Å². The van der Waals surface area contributed by atoms with Crippen molar-refractivity contribution in [3.63, 3.8) is 0 Å². The average molecular weight is 485 g/mol. The summed E-state index contributed by atoms with van der Waals surface area (Å²) < 4.78 is 28.5. The summed E-state index contributed by atoms with van der Waals surface area (Å²) in [5.74, 6) is -0.392. The SMILES string of the molecule is Cc1cc(C)c(S(=O)(=O)N2CCCC(c3nnc(C(=O)Nc4ccccc4C)s3)C2)c(C)c1. The number of aryl methyl sites for hydroxylation is 4. The Labute approximate surface area is 198 Å². The molecule has 1 aliphatic rings. The van der Waals surface area contributed by atoms with Gasteiger partial charge in [0.2, 0.25) is 15.0 Å². The standard InChI is InChI=1S/C24H28N4O3S2/c1-15-12-17(3)21(18(4)13-15)33(30,31)28-11-7-9-19(14-28)23-26-27-24(32-23)22(29)25-20-10-6-5-8-16(20)2/h5-6,8,10,12-13,19H,7,9,11,14H2,1-4H3,(H,25,29). The Morgan fingerprint density at radius 1 is 1.06 bits per heavy atom. The van der Waals surface area contributed by atoms with Gasteiger partial charge >= 0.3 is 0 Å². The first kappa shape index (κ1) is 23.5. The minimum atomic E-state index is -3.63. The Morgan fingerprint density at radius 3 is 2.45 bits per heavy atom. The number of carbonyl (C=O) groups excluding carboxylic acids is 1. The van der Waals surface area contributed by atoms with E-state index in [1.54, 1.807) is 4.31 Å². The zero-order chi connectivity index (χ0) is 23.8. The smallest absolute Gasteiger partial charge is 0.286 e. The third kappa shape index (κ3) is 4.85. The first-order valence-electron chi connectivity index (χ1n) is 10.9. The van der Waals surface area contributed by atoms with Gasteiger partial charge in [-0.25, -0.2) is 8.42 Å². The van der Waals surface area contributed by atoms with Crippen LogP contribution < -0.4 is 5.32 Å². The van der Waals surface area contributed by atoms with Gasteiger partial charge in [0.05, 0.1) is 4.90 Å². The van der Waals surface area contributed by atoms with E-state index in [0.717, 1.165) is 40.8 Å². The number of carbonyl (C=O) groups is 1. The van der Waals surface area contributed by atoms with E-state index in [4.69, 9.17) is 0 Å². The molecular weight excluding hydrogens is 456 g/mol. The van der Waals surface area contributed by atoms with Crippen LogP contribution in [0.5, 0.6) is 0 Å². The summed E-state index contributed by atoms with van der Waals surface area (Å²) in [7, 11) is -3.63. The van der Waals surface area contributed by atoms with Crippen LogP contribution in [0, 0.1) is 27.7 Å².